The minimum absolute atomic E-state index is 0.288. The minimum atomic E-state index is 0.288. The van der Waals surface area contributed by atoms with Crippen molar-refractivity contribution in [2.75, 3.05) is 5.73 Å². The molecule has 3 N–H and O–H groups in total. The van der Waals surface area contributed by atoms with Crippen molar-refractivity contribution < 1.29 is 5.11 Å². The van der Waals surface area contributed by atoms with Crippen molar-refractivity contribution in [1.82, 2.24) is 4.57 Å². The topological polar surface area (TPSA) is 51.2 Å². The van der Waals surface area contributed by atoms with E-state index in [1.54, 1.807) is 12.1 Å². The van der Waals surface area contributed by atoms with Gasteiger partial charge >= 0.3 is 0 Å². The average molecular weight is 238 g/mol. The van der Waals surface area contributed by atoms with Gasteiger partial charge in [-0.25, -0.2) is 0 Å². The third kappa shape index (κ3) is 1.80. The Hall–Kier alpha value is -2.42. The molecule has 0 saturated carbocycles. The molecule has 0 aliphatic carbocycles. The van der Waals surface area contributed by atoms with Gasteiger partial charge in [0.2, 0.25) is 0 Å². The quantitative estimate of drug-likeness (QED) is 0.674. The summed E-state index contributed by atoms with van der Waals surface area (Å²) >= 11 is 0. The molecule has 0 saturated heterocycles. The van der Waals surface area contributed by atoms with Crippen LogP contribution < -0.4 is 5.73 Å². The van der Waals surface area contributed by atoms with Crippen molar-refractivity contribution in [3.05, 3.63) is 60.3 Å². The van der Waals surface area contributed by atoms with Crippen molar-refractivity contribution >= 4 is 16.6 Å². The largest absolute Gasteiger partial charge is 0.508 e. The van der Waals surface area contributed by atoms with Gasteiger partial charge in [0.15, 0.2) is 0 Å². The smallest absolute Gasteiger partial charge is 0.115 e. The summed E-state index contributed by atoms with van der Waals surface area (Å²) in [7, 11) is 0. The number of anilines is 1. The Balaban J connectivity index is 2.02. The Labute approximate surface area is 105 Å². The second-order valence-corrected chi connectivity index (χ2v) is 4.40. The number of nitrogens with zero attached hydrogens (tertiary/aromatic N) is 1. The molecule has 90 valence electrons. The molecule has 3 rings (SSSR count). The first-order valence-electron chi connectivity index (χ1n) is 5.85. The number of rotatable bonds is 2. The molecule has 0 bridgehead atoms. The lowest BCUT2D eigenvalue weighted by Crippen LogP contribution is -1.99. The highest BCUT2D eigenvalue weighted by Crippen LogP contribution is 2.23. The lowest BCUT2D eigenvalue weighted by molar-refractivity contribution is 0.475. The number of aromatic hydroxyl groups is 1. The molecule has 2 aromatic carbocycles. The number of hydrogen-bond donors (Lipinski definition) is 2. The predicted octanol–water partition coefficient (Wildman–Crippen LogP) is 2.98. The number of phenols is 1. The van der Waals surface area contributed by atoms with E-state index in [9.17, 15) is 5.11 Å². The number of benzene rings is 2. The zero-order valence-corrected chi connectivity index (χ0v) is 9.88. The first-order valence-corrected chi connectivity index (χ1v) is 5.85. The molecule has 1 heterocycles. The summed E-state index contributed by atoms with van der Waals surface area (Å²) in [5.41, 5.74) is 9.00. The molecular weight excluding hydrogens is 224 g/mol. The minimum Gasteiger partial charge on any atom is -0.508 e. The number of phenolic OH excluding ortho intramolecular Hbond substituents is 1. The van der Waals surface area contributed by atoms with E-state index in [-0.39, 0.29) is 5.75 Å². The summed E-state index contributed by atoms with van der Waals surface area (Å²) in [6.07, 6.45) is 2.04. The van der Waals surface area contributed by atoms with Gasteiger partial charge in [0.05, 0.1) is 11.2 Å². The molecule has 0 fully saturated rings. The highest BCUT2D eigenvalue weighted by Gasteiger charge is 2.04. The third-order valence-electron chi connectivity index (χ3n) is 3.11. The molecule has 0 aliphatic rings. The van der Waals surface area contributed by atoms with Gasteiger partial charge in [-0.2, -0.15) is 0 Å². The molecular formula is C15H14N2O. The van der Waals surface area contributed by atoms with E-state index in [2.05, 4.69) is 16.7 Å². The number of fused-ring (bicyclic) bond motifs is 1. The van der Waals surface area contributed by atoms with Crippen LogP contribution >= 0.6 is 0 Å². The van der Waals surface area contributed by atoms with Crippen molar-refractivity contribution in [3.63, 3.8) is 0 Å². The van der Waals surface area contributed by atoms with Crippen LogP contribution in [0.1, 0.15) is 5.56 Å². The van der Waals surface area contributed by atoms with E-state index < -0.39 is 0 Å². The van der Waals surface area contributed by atoms with Gasteiger partial charge in [0.25, 0.3) is 0 Å². The summed E-state index contributed by atoms with van der Waals surface area (Å²) in [6, 6.07) is 15.2. The number of nitrogens with two attached hydrogens (primary N) is 1. The van der Waals surface area contributed by atoms with Crippen LogP contribution in [0, 0.1) is 0 Å². The van der Waals surface area contributed by atoms with Crippen LogP contribution in [-0.4, -0.2) is 9.67 Å². The molecule has 0 amide bonds. The lowest BCUT2D eigenvalue weighted by atomic mass is 10.2. The van der Waals surface area contributed by atoms with Crippen molar-refractivity contribution in [2.45, 2.75) is 6.54 Å². The van der Waals surface area contributed by atoms with Gasteiger partial charge in [-0.1, -0.05) is 24.3 Å². The molecule has 3 heteroatoms. The summed E-state index contributed by atoms with van der Waals surface area (Å²) in [4.78, 5) is 0. The SMILES string of the molecule is Nc1cccc2ccn(Cc3ccc(O)cc3)c12. The van der Waals surface area contributed by atoms with Gasteiger partial charge in [-0.3, -0.25) is 0 Å². The van der Waals surface area contributed by atoms with Crippen LogP contribution in [0.3, 0.4) is 0 Å². The molecule has 3 nitrogen and oxygen atoms in total. The van der Waals surface area contributed by atoms with Crippen molar-refractivity contribution in [2.24, 2.45) is 0 Å². The Kier molecular flexibility index (Phi) is 2.45. The summed E-state index contributed by atoms with van der Waals surface area (Å²) in [5.74, 6) is 0.288. The van der Waals surface area contributed by atoms with E-state index in [1.807, 2.05) is 30.5 Å². The van der Waals surface area contributed by atoms with Gasteiger partial charge < -0.3 is 15.4 Å². The molecule has 0 aliphatic heterocycles. The molecule has 3 aromatic rings. The average Bonchev–Trinajstić information content (AvgIpc) is 2.77. The second-order valence-electron chi connectivity index (χ2n) is 4.40. The summed E-state index contributed by atoms with van der Waals surface area (Å²) in [6.45, 7) is 0.748. The maximum Gasteiger partial charge on any atom is 0.115 e. The molecule has 0 atom stereocenters. The monoisotopic (exact) mass is 238 g/mol. The number of aromatic nitrogens is 1. The van der Waals surface area contributed by atoms with E-state index in [4.69, 9.17) is 5.73 Å². The van der Waals surface area contributed by atoms with Gasteiger partial charge in [-0.15, -0.1) is 0 Å². The Morgan fingerprint density at radius 3 is 2.56 bits per heavy atom. The van der Waals surface area contributed by atoms with Crippen LogP contribution in [0.4, 0.5) is 5.69 Å². The summed E-state index contributed by atoms with van der Waals surface area (Å²) in [5, 5.41) is 10.4. The highest BCUT2D eigenvalue weighted by molar-refractivity contribution is 5.90. The van der Waals surface area contributed by atoms with E-state index in [1.165, 1.54) is 0 Å². The van der Waals surface area contributed by atoms with E-state index in [0.717, 1.165) is 28.7 Å². The van der Waals surface area contributed by atoms with Gasteiger partial charge in [0.1, 0.15) is 5.75 Å². The fourth-order valence-electron chi connectivity index (χ4n) is 2.22. The molecule has 0 spiro atoms. The van der Waals surface area contributed by atoms with Gasteiger partial charge in [0, 0.05) is 18.1 Å². The number of nitrogen functional groups attached to an aromatic ring is 1. The first-order chi connectivity index (χ1) is 8.74. The fraction of sp³-hybridized carbons (Fsp3) is 0.0667. The first kappa shape index (κ1) is 10.7. The number of hydrogen-bond acceptors (Lipinski definition) is 2. The van der Waals surface area contributed by atoms with Crippen LogP contribution in [0.25, 0.3) is 10.9 Å². The van der Waals surface area contributed by atoms with Crippen molar-refractivity contribution in [1.29, 1.82) is 0 Å². The van der Waals surface area contributed by atoms with E-state index >= 15 is 0 Å². The van der Waals surface area contributed by atoms with Crippen LogP contribution in [0.15, 0.2) is 54.7 Å². The Morgan fingerprint density at radius 2 is 1.78 bits per heavy atom. The Bertz CT molecular complexity index is 683. The second kappa shape index (κ2) is 4.11. The van der Waals surface area contributed by atoms with Crippen LogP contribution in [-0.2, 0) is 6.54 Å². The molecule has 18 heavy (non-hydrogen) atoms. The Morgan fingerprint density at radius 1 is 1.00 bits per heavy atom. The van der Waals surface area contributed by atoms with Crippen LogP contribution in [0.2, 0.25) is 0 Å². The molecule has 1 aromatic heterocycles. The standard InChI is InChI=1S/C15H14N2O/c16-14-3-1-2-12-8-9-17(15(12)14)10-11-4-6-13(18)7-5-11/h1-9,18H,10,16H2. The molecule has 0 unspecified atom stereocenters. The van der Waals surface area contributed by atoms with Crippen LogP contribution in [0.5, 0.6) is 5.75 Å². The molecule has 0 radical (unpaired) electrons. The maximum absolute atomic E-state index is 9.27. The van der Waals surface area contributed by atoms with Crippen molar-refractivity contribution in [3.8, 4) is 5.75 Å². The zero-order chi connectivity index (χ0) is 12.5. The van der Waals surface area contributed by atoms with Gasteiger partial charge in [-0.05, 0) is 29.8 Å². The van der Waals surface area contributed by atoms with E-state index in [0.29, 0.717) is 0 Å². The maximum atomic E-state index is 9.27. The predicted molar refractivity (Wildman–Crippen MR) is 73.6 cm³/mol. The lowest BCUT2D eigenvalue weighted by Gasteiger charge is -2.07. The number of para-hydroxylation sites is 1. The summed E-state index contributed by atoms with van der Waals surface area (Å²) < 4.78 is 2.12. The fourth-order valence-corrected chi connectivity index (χ4v) is 2.22. The third-order valence-corrected chi connectivity index (χ3v) is 3.11. The highest BCUT2D eigenvalue weighted by atomic mass is 16.3. The normalized spacial score (nSPS) is 10.9. The zero-order valence-electron chi connectivity index (χ0n) is 9.88.